The van der Waals surface area contributed by atoms with Crippen LogP contribution in [0.5, 0.6) is 0 Å². The van der Waals surface area contributed by atoms with Crippen molar-refractivity contribution >= 4 is 6.09 Å². The molecule has 19 heavy (non-hydrogen) atoms. The first-order chi connectivity index (χ1) is 8.92. The zero-order valence-corrected chi connectivity index (χ0v) is 12.7. The average Bonchev–Trinajstić information content (AvgIpc) is 2.33. The van der Waals surface area contributed by atoms with Gasteiger partial charge in [0.05, 0.1) is 6.54 Å². The Morgan fingerprint density at radius 3 is 2.74 bits per heavy atom. The van der Waals surface area contributed by atoms with Crippen LogP contribution in [-0.2, 0) is 9.47 Å². The van der Waals surface area contributed by atoms with E-state index in [1.54, 1.807) is 4.90 Å². The molecule has 0 aromatic rings. The molecule has 1 atom stereocenters. The van der Waals surface area contributed by atoms with Crippen LogP contribution in [0, 0.1) is 0 Å². The number of amides is 1. The largest absolute Gasteiger partial charge is 0.444 e. The molecular weight excluding hydrogens is 244 g/mol. The molecule has 5 nitrogen and oxygen atoms in total. The van der Waals surface area contributed by atoms with Gasteiger partial charge in [-0.15, -0.1) is 0 Å². The van der Waals surface area contributed by atoms with Gasteiger partial charge < -0.3 is 14.4 Å². The zero-order valence-electron chi connectivity index (χ0n) is 12.7. The van der Waals surface area contributed by atoms with Crippen molar-refractivity contribution in [2.75, 3.05) is 26.2 Å². The van der Waals surface area contributed by atoms with Crippen molar-refractivity contribution in [1.29, 1.82) is 0 Å². The molecule has 1 saturated heterocycles. The fourth-order valence-corrected chi connectivity index (χ4v) is 1.90. The molecule has 1 amide bonds. The van der Waals surface area contributed by atoms with Crippen LogP contribution in [0.4, 0.5) is 4.79 Å². The summed E-state index contributed by atoms with van der Waals surface area (Å²) in [6.45, 7) is 10.5. The van der Waals surface area contributed by atoms with Gasteiger partial charge in [-0.05, 0) is 27.2 Å². The van der Waals surface area contributed by atoms with Gasteiger partial charge in [-0.3, -0.25) is 5.32 Å². The Labute approximate surface area is 116 Å². The van der Waals surface area contributed by atoms with Crippen LogP contribution >= 0.6 is 0 Å². The number of hydrogen-bond donors (Lipinski definition) is 1. The van der Waals surface area contributed by atoms with Crippen molar-refractivity contribution in [3.8, 4) is 0 Å². The zero-order chi connectivity index (χ0) is 14.3. The molecule has 5 heteroatoms. The number of hydrogen-bond acceptors (Lipinski definition) is 4. The Bertz CT molecular complexity index is 276. The third-order valence-corrected chi connectivity index (χ3v) is 2.86. The monoisotopic (exact) mass is 272 g/mol. The summed E-state index contributed by atoms with van der Waals surface area (Å²) in [6.07, 6.45) is 3.11. The third kappa shape index (κ3) is 6.78. The molecule has 1 rings (SSSR count). The Morgan fingerprint density at radius 1 is 1.37 bits per heavy atom. The normalized spacial score (nSPS) is 20.4. The Balaban J connectivity index is 2.31. The summed E-state index contributed by atoms with van der Waals surface area (Å²) < 4.78 is 11.1. The van der Waals surface area contributed by atoms with Crippen LogP contribution in [0.1, 0.15) is 47.0 Å². The Hall–Kier alpha value is -0.810. The van der Waals surface area contributed by atoms with Crippen molar-refractivity contribution in [3.05, 3.63) is 0 Å². The highest BCUT2D eigenvalue weighted by atomic mass is 16.6. The van der Waals surface area contributed by atoms with Crippen molar-refractivity contribution in [2.45, 2.75) is 58.8 Å². The SMILES string of the molecule is CCCCCOC1CN(C(=O)OC(C)(C)C)CCN1. The van der Waals surface area contributed by atoms with Crippen molar-refractivity contribution in [2.24, 2.45) is 0 Å². The number of carbonyl (C=O) groups excluding carboxylic acids is 1. The fourth-order valence-electron chi connectivity index (χ4n) is 1.90. The van der Waals surface area contributed by atoms with Gasteiger partial charge in [0.2, 0.25) is 0 Å². The highest BCUT2D eigenvalue weighted by Crippen LogP contribution is 2.12. The molecule has 0 spiro atoms. The van der Waals surface area contributed by atoms with Crippen molar-refractivity contribution < 1.29 is 14.3 Å². The summed E-state index contributed by atoms with van der Waals surface area (Å²) in [5.41, 5.74) is -0.445. The second-order valence-electron chi connectivity index (χ2n) is 5.95. The Kier molecular flexibility index (Phi) is 6.58. The number of ether oxygens (including phenoxy) is 2. The highest BCUT2D eigenvalue weighted by molar-refractivity contribution is 5.68. The van der Waals surface area contributed by atoms with Crippen molar-refractivity contribution in [3.63, 3.8) is 0 Å². The summed E-state index contributed by atoms with van der Waals surface area (Å²) in [7, 11) is 0. The minimum Gasteiger partial charge on any atom is -0.444 e. The topological polar surface area (TPSA) is 50.8 Å². The summed E-state index contributed by atoms with van der Waals surface area (Å²) in [4.78, 5) is 13.7. The van der Waals surface area contributed by atoms with Gasteiger partial charge in [-0.1, -0.05) is 19.8 Å². The molecule has 1 aliphatic heterocycles. The molecule has 0 aromatic carbocycles. The predicted octanol–water partition coefficient (Wildman–Crippen LogP) is 2.36. The van der Waals surface area contributed by atoms with Gasteiger partial charge in [-0.2, -0.15) is 0 Å². The maximum absolute atomic E-state index is 12.0. The van der Waals surface area contributed by atoms with E-state index in [-0.39, 0.29) is 12.3 Å². The maximum atomic E-state index is 12.0. The van der Waals surface area contributed by atoms with E-state index in [1.807, 2.05) is 20.8 Å². The molecule has 0 bridgehead atoms. The first-order valence-corrected chi connectivity index (χ1v) is 7.25. The lowest BCUT2D eigenvalue weighted by atomic mass is 10.2. The van der Waals surface area contributed by atoms with Gasteiger partial charge in [0, 0.05) is 19.7 Å². The van der Waals surface area contributed by atoms with Crippen LogP contribution in [-0.4, -0.2) is 49.1 Å². The summed E-state index contributed by atoms with van der Waals surface area (Å²) in [5, 5.41) is 3.27. The lowest BCUT2D eigenvalue weighted by Crippen LogP contribution is -2.54. The van der Waals surface area contributed by atoms with Gasteiger partial charge in [-0.25, -0.2) is 4.79 Å². The minimum absolute atomic E-state index is 0.0712. The van der Waals surface area contributed by atoms with Crippen molar-refractivity contribution in [1.82, 2.24) is 10.2 Å². The smallest absolute Gasteiger partial charge is 0.410 e. The summed E-state index contributed by atoms with van der Waals surface area (Å²) in [6, 6.07) is 0. The molecule has 0 aromatic heterocycles. The molecule has 1 heterocycles. The van der Waals surface area contributed by atoms with Crippen LogP contribution < -0.4 is 5.32 Å². The lowest BCUT2D eigenvalue weighted by molar-refractivity contribution is -0.0298. The first-order valence-electron chi connectivity index (χ1n) is 7.25. The lowest BCUT2D eigenvalue weighted by Gasteiger charge is -2.34. The third-order valence-electron chi connectivity index (χ3n) is 2.86. The van der Waals surface area contributed by atoms with Gasteiger partial charge in [0.1, 0.15) is 11.8 Å². The Morgan fingerprint density at radius 2 is 2.11 bits per heavy atom. The molecule has 0 aliphatic carbocycles. The molecule has 112 valence electrons. The number of nitrogens with one attached hydrogen (secondary N) is 1. The van der Waals surface area contributed by atoms with Gasteiger partial charge in [0.15, 0.2) is 0 Å². The molecule has 1 fully saturated rings. The predicted molar refractivity (Wildman–Crippen MR) is 75.1 cm³/mol. The second-order valence-corrected chi connectivity index (χ2v) is 5.95. The van der Waals surface area contributed by atoms with E-state index < -0.39 is 5.60 Å². The molecule has 1 N–H and O–H groups in total. The number of nitrogens with zero attached hydrogens (tertiary/aromatic N) is 1. The van der Waals surface area contributed by atoms with E-state index in [2.05, 4.69) is 12.2 Å². The van der Waals surface area contributed by atoms with E-state index in [1.165, 1.54) is 12.8 Å². The van der Waals surface area contributed by atoms with Gasteiger partial charge >= 0.3 is 6.09 Å². The quantitative estimate of drug-likeness (QED) is 0.781. The van der Waals surface area contributed by atoms with E-state index in [0.717, 1.165) is 19.6 Å². The highest BCUT2D eigenvalue weighted by Gasteiger charge is 2.27. The number of carbonyl (C=O) groups is 1. The maximum Gasteiger partial charge on any atom is 0.410 e. The van der Waals surface area contributed by atoms with Gasteiger partial charge in [0.25, 0.3) is 0 Å². The fraction of sp³-hybridized carbons (Fsp3) is 0.929. The molecule has 1 aliphatic rings. The number of unbranched alkanes of at least 4 members (excludes halogenated alkanes) is 2. The molecular formula is C14H28N2O3. The number of rotatable bonds is 5. The molecule has 0 radical (unpaired) electrons. The summed E-state index contributed by atoms with van der Waals surface area (Å²) in [5.74, 6) is 0. The van der Waals surface area contributed by atoms with Crippen LogP contribution in [0.3, 0.4) is 0 Å². The van der Waals surface area contributed by atoms with E-state index >= 15 is 0 Å². The number of piperazine rings is 1. The standard InChI is InChI=1S/C14H28N2O3/c1-5-6-7-10-18-12-11-16(9-8-15-12)13(17)19-14(2,3)4/h12,15H,5-11H2,1-4H3. The molecule has 0 saturated carbocycles. The van der Waals surface area contributed by atoms with Crippen LogP contribution in [0.2, 0.25) is 0 Å². The second kappa shape index (κ2) is 7.70. The van der Waals surface area contributed by atoms with Crippen LogP contribution in [0.15, 0.2) is 0 Å². The average molecular weight is 272 g/mol. The first kappa shape index (κ1) is 16.2. The van der Waals surface area contributed by atoms with Crippen LogP contribution in [0.25, 0.3) is 0 Å². The van der Waals surface area contributed by atoms with E-state index in [9.17, 15) is 4.79 Å². The summed E-state index contributed by atoms with van der Waals surface area (Å²) >= 11 is 0. The minimum atomic E-state index is -0.445. The van der Waals surface area contributed by atoms with E-state index in [4.69, 9.17) is 9.47 Å². The van der Waals surface area contributed by atoms with E-state index in [0.29, 0.717) is 13.1 Å². The molecule has 1 unspecified atom stereocenters.